The lowest BCUT2D eigenvalue weighted by Crippen LogP contribution is -2.43. The maximum Gasteiger partial charge on any atom is 0.407 e. The van der Waals surface area contributed by atoms with Crippen molar-refractivity contribution in [3.05, 3.63) is 0 Å². The van der Waals surface area contributed by atoms with E-state index in [1.165, 1.54) is 18.9 Å². The average molecular weight is 887 g/mol. The van der Waals surface area contributed by atoms with Gasteiger partial charge in [0, 0.05) is 69.7 Å². The summed E-state index contributed by atoms with van der Waals surface area (Å²) in [6.07, 6.45) is 5.99. The Morgan fingerprint density at radius 1 is 0.516 bits per heavy atom. The quantitative estimate of drug-likeness (QED) is 0.195. The second-order valence-electron chi connectivity index (χ2n) is 18.5. The Hall–Kier alpha value is -3.70. The highest BCUT2D eigenvalue weighted by Crippen LogP contribution is 2.17. The van der Waals surface area contributed by atoms with E-state index in [1.54, 1.807) is 14.1 Å². The molecule has 0 spiro atoms. The van der Waals surface area contributed by atoms with Crippen LogP contribution in [0.3, 0.4) is 0 Å². The fraction of sp³-hybridized carbons (Fsp3) is 0.867. The van der Waals surface area contributed by atoms with Crippen molar-refractivity contribution in [2.75, 3.05) is 75.1 Å². The number of methoxy groups -OCH3 is 1. The SMILES string of the molecule is CC(=O)NC(C)C.CC(C)NC(=O)C1CCCN(C)C1.CC(C)NC(=O)C1CCN(C)CC1.CC(C)NC(=O)N(C)C.CC(C)NC(=O)[C@H]1CCCN1C.COC(=O)NC(C)C. The molecular weight excluding hydrogens is 793 g/mol. The Kier molecular flexibility index (Phi) is 36.1. The van der Waals surface area contributed by atoms with Crippen LogP contribution in [-0.2, 0) is 23.9 Å². The van der Waals surface area contributed by atoms with Gasteiger partial charge < -0.3 is 51.3 Å². The molecule has 366 valence electrons. The highest BCUT2D eigenvalue weighted by molar-refractivity contribution is 5.82. The van der Waals surface area contributed by atoms with Gasteiger partial charge in [0.15, 0.2) is 0 Å². The summed E-state index contributed by atoms with van der Waals surface area (Å²) in [6, 6.07) is 1.52. The van der Waals surface area contributed by atoms with E-state index in [4.69, 9.17) is 0 Å². The third-order valence-corrected chi connectivity index (χ3v) is 9.10. The van der Waals surface area contributed by atoms with E-state index < -0.39 is 0 Å². The Bertz CT molecular complexity index is 1240. The molecule has 6 N–H and O–H groups in total. The molecule has 0 aromatic rings. The zero-order valence-corrected chi connectivity index (χ0v) is 42.6. The number of piperidine rings is 2. The summed E-state index contributed by atoms with van der Waals surface area (Å²) in [4.78, 5) is 74.1. The second-order valence-corrected chi connectivity index (χ2v) is 18.5. The fourth-order valence-electron chi connectivity index (χ4n) is 6.16. The Morgan fingerprint density at radius 2 is 0.935 bits per heavy atom. The van der Waals surface area contributed by atoms with Crippen LogP contribution in [0.15, 0.2) is 0 Å². The highest BCUT2D eigenvalue weighted by atomic mass is 16.5. The predicted molar refractivity (Wildman–Crippen MR) is 253 cm³/mol. The van der Waals surface area contributed by atoms with E-state index in [0.29, 0.717) is 0 Å². The standard InChI is InChI=1S/2C10H20N2O.C9H18N2O.C6H14N2O.C5H11NO2.C5H11NO/c1-8(2)11-10(13)9-4-6-12(3)7-5-9;1-8(2)11-10(13)9-5-4-6-12(3)7-9;1-7(2)10-9(12)8-5-4-6-11(8)3;1-5(2)7-6(9)8(3)4;1-4(2)6-5(7)8-3;1-4(2)6-5(3)7/h2*8-9H,4-7H2,1-3H3,(H,11,13);7-8H,4-6H2,1-3H3,(H,10,12);5H,1-4H3,(H,7,9);4H,1-3H3,(H,6,7);4H,1-3H3,(H,6,7)/t;;8-;;;/m..1.../s1. The van der Waals surface area contributed by atoms with Crippen LogP contribution in [0.4, 0.5) is 9.59 Å². The van der Waals surface area contributed by atoms with E-state index in [2.05, 4.69) is 65.4 Å². The third kappa shape index (κ3) is 36.9. The molecule has 0 saturated carbocycles. The van der Waals surface area contributed by atoms with Gasteiger partial charge in [-0.05, 0) is 169 Å². The van der Waals surface area contributed by atoms with Gasteiger partial charge in [0.05, 0.1) is 19.1 Å². The number of carbonyl (C=O) groups excluding carboxylic acids is 6. The fourth-order valence-corrected chi connectivity index (χ4v) is 6.16. The molecule has 3 rings (SSSR count). The van der Waals surface area contributed by atoms with Crippen LogP contribution in [-0.4, -0.2) is 173 Å². The first-order valence-electron chi connectivity index (χ1n) is 22.7. The van der Waals surface area contributed by atoms with Crippen LogP contribution < -0.4 is 31.9 Å². The molecule has 3 saturated heterocycles. The van der Waals surface area contributed by atoms with Gasteiger partial charge in [-0.1, -0.05) is 0 Å². The Morgan fingerprint density at radius 3 is 1.24 bits per heavy atom. The van der Waals surface area contributed by atoms with Gasteiger partial charge in [-0.25, -0.2) is 9.59 Å². The maximum atomic E-state index is 11.6. The summed E-state index contributed by atoms with van der Waals surface area (Å²) in [6.45, 7) is 30.2. The summed E-state index contributed by atoms with van der Waals surface area (Å²) < 4.78 is 4.31. The van der Waals surface area contributed by atoms with Gasteiger partial charge in [0.1, 0.15) is 0 Å². The minimum Gasteiger partial charge on any atom is -0.453 e. The molecule has 3 heterocycles. The first-order chi connectivity index (χ1) is 28.6. The Balaban J connectivity index is -0.000000685. The minimum absolute atomic E-state index is 0.0370. The molecule has 17 nitrogen and oxygen atoms in total. The first-order valence-corrected chi connectivity index (χ1v) is 22.7. The monoisotopic (exact) mass is 887 g/mol. The summed E-state index contributed by atoms with van der Waals surface area (Å²) in [5.74, 6) is 1.14. The van der Waals surface area contributed by atoms with Crippen molar-refractivity contribution in [3.8, 4) is 0 Å². The Labute approximate surface area is 377 Å². The number of alkyl carbamates (subject to hydrolysis) is 1. The van der Waals surface area contributed by atoms with Crippen LogP contribution in [0.5, 0.6) is 0 Å². The average Bonchev–Trinajstić information content (AvgIpc) is 3.57. The molecule has 3 aliphatic rings. The van der Waals surface area contributed by atoms with Gasteiger partial charge in [0.25, 0.3) is 0 Å². The number of rotatable bonds is 9. The molecule has 7 amide bonds. The molecule has 0 aliphatic carbocycles. The molecule has 3 fully saturated rings. The molecule has 62 heavy (non-hydrogen) atoms. The molecule has 0 radical (unpaired) electrons. The zero-order valence-electron chi connectivity index (χ0n) is 42.6. The number of hydrogen-bond acceptors (Lipinski definition) is 10. The van der Waals surface area contributed by atoms with E-state index in [1.807, 2.05) is 90.1 Å². The molecule has 3 aliphatic heterocycles. The van der Waals surface area contributed by atoms with Crippen molar-refractivity contribution in [1.82, 2.24) is 51.5 Å². The van der Waals surface area contributed by atoms with E-state index >= 15 is 0 Å². The maximum absolute atomic E-state index is 11.6. The van der Waals surface area contributed by atoms with Crippen LogP contribution in [0.2, 0.25) is 0 Å². The lowest BCUT2D eigenvalue weighted by Gasteiger charge is -2.29. The van der Waals surface area contributed by atoms with Crippen molar-refractivity contribution >= 4 is 35.8 Å². The third-order valence-electron chi connectivity index (χ3n) is 9.10. The molecule has 0 bridgehead atoms. The zero-order chi connectivity index (χ0) is 48.7. The van der Waals surface area contributed by atoms with Crippen molar-refractivity contribution in [3.63, 3.8) is 0 Å². The van der Waals surface area contributed by atoms with Crippen molar-refractivity contribution < 1.29 is 33.5 Å². The summed E-state index contributed by atoms with van der Waals surface area (Å²) in [5.41, 5.74) is 0. The van der Waals surface area contributed by atoms with E-state index in [-0.39, 0.29) is 89.9 Å². The largest absolute Gasteiger partial charge is 0.453 e. The number of amides is 7. The molecule has 17 heteroatoms. The topological polar surface area (TPSA) is 197 Å². The first kappa shape index (κ1) is 62.6. The van der Waals surface area contributed by atoms with Crippen molar-refractivity contribution in [2.24, 2.45) is 11.8 Å². The number of nitrogens with one attached hydrogen (secondary N) is 6. The van der Waals surface area contributed by atoms with Gasteiger partial charge in [-0.15, -0.1) is 0 Å². The van der Waals surface area contributed by atoms with Crippen molar-refractivity contribution in [2.45, 2.75) is 171 Å². The number of carbonyl (C=O) groups is 6. The number of nitrogens with zero attached hydrogens (tertiary/aromatic N) is 4. The van der Waals surface area contributed by atoms with Gasteiger partial charge in [-0.3, -0.25) is 24.1 Å². The van der Waals surface area contributed by atoms with E-state index in [9.17, 15) is 28.8 Å². The van der Waals surface area contributed by atoms with Crippen LogP contribution in [0.1, 0.15) is 129 Å². The predicted octanol–water partition coefficient (Wildman–Crippen LogP) is 4.26. The van der Waals surface area contributed by atoms with Gasteiger partial charge in [-0.2, -0.15) is 0 Å². The lowest BCUT2D eigenvalue weighted by molar-refractivity contribution is -0.127. The summed E-state index contributed by atoms with van der Waals surface area (Å²) >= 11 is 0. The number of ether oxygens (including phenoxy) is 1. The van der Waals surface area contributed by atoms with Crippen molar-refractivity contribution in [1.29, 1.82) is 0 Å². The molecule has 0 aromatic heterocycles. The van der Waals surface area contributed by atoms with E-state index in [0.717, 1.165) is 71.2 Å². The number of likely N-dealkylation sites (tertiary alicyclic amines) is 3. The molecule has 2 atom stereocenters. The van der Waals surface area contributed by atoms with Crippen LogP contribution in [0, 0.1) is 11.8 Å². The van der Waals surface area contributed by atoms with Gasteiger partial charge in [0.2, 0.25) is 23.6 Å². The number of urea groups is 1. The lowest BCUT2D eigenvalue weighted by atomic mass is 9.96. The highest BCUT2D eigenvalue weighted by Gasteiger charge is 2.28. The van der Waals surface area contributed by atoms with Gasteiger partial charge >= 0.3 is 12.1 Å². The van der Waals surface area contributed by atoms with Crippen LogP contribution >= 0.6 is 0 Å². The van der Waals surface area contributed by atoms with Crippen LogP contribution in [0.25, 0.3) is 0 Å². The minimum atomic E-state index is -0.375. The summed E-state index contributed by atoms with van der Waals surface area (Å²) in [7, 11) is 11.0. The number of hydrogen-bond donors (Lipinski definition) is 6. The number of likely N-dealkylation sites (N-methyl/N-ethyl adjacent to an activating group) is 1. The molecule has 0 aromatic carbocycles. The molecule has 1 unspecified atom stereocenters. The second kappa shape index (κ2) is 35.7. The normalized spacial score (nSPS) is 17.9. The molecular formula is C45H94N10O7. The smallest absolute Gasteiger partial charge is 0.407 e. The summed E-state index contributed by atoms with van der Waals surface area (Å²) in [5, 5.41) is 16.8.